The van der Waals surface area contributed by atoms with Crippen molar-refractivity contribution in [3.63, 3.8) is 0 Å². The highest BCUT2D eigenvalue weighted by atomic mass is 16.6. The topological polar surface area (TPSA) is 68.9 Å². The molecule has 3 atom stereocenters. The Morgan fingerprint density at radius 3 is 3.00 bits per heavy atom. The maximum Gasteiger partial charge on any atom is 0.188 e. The third kappa shape index (κ3) is 2.26. The van der Waals surface area contributed by atoms with Crippen molar-refractivity contribution in [3.05, 3.63) is 0 Å². The number of hydrogen-bond acceptors (Lipinski definition) is 3. The monoisotopic (exact) mass is 241 g/mol. The Bertz CT molecular complexity index is 287. The normalized spacial score (nSPS) is 37.2. The zero-order valence-electron chi connectivity index (χ0n) is 10.7. The summed E-state index contributed by atoms with van der Waals surface area (Å²) in [4.78, 5) is 4.16. The highest BCUT2D eigenvalue weighted by Gasteiger charge is 2.58. The smallest absolute Gasteiger partial charge is 0.188 e. The molecule has 0 radical (unpaired) electrons. The first-order valence-corrected chi connectivity index (χ1v) is 6.55. The van der Waals surface area contributed by atoms with Crippen LogP contribution in [0.3, 0.4) is 0 Å². The second-order valence-electron chi connectivity index (χ2n) is 4.64. The molecule has 1 heterocycles. The number of ether oxygens (including phenoxy) is 2. The molecule has 5 nitrogen and oxygen atoms in total. The van der Waals surface area contributed by atoms with Crippen molar-refractivity contribution >= 4 is 5.96 Å². The van der Waals surface area contributed by atoms with Gasteiger partial charge in [0.2, 0.25) is 0 Å². The molecule has 2 aliphatic rings. The van der Waals surface area contributed by atoms with Crippen LogP contribution in [0.25, 0.3) is 0 Å². The second-order valence-corrected chi connectivity index (χ2v) is 4.64. The molecule has 5 heteroatoms. The molecule has 0 aromatic rings. The van der Waals surface area contributed by atoms with Gasteiger partial charge in [-0.05, 0) is 33.1 Å². The van der Waals surface area contributed by atoms with Gasteiger partial charge in [-0.1, -0.05) is 0 Å². The zero-order chi connectivity index (χ0) is 12.3. The summed E-state index contributed by atoms with van der Waals surface area (Å²) in [5.41, 5.74) is 5.64. The minimum atomic E-state index is -0.163. The summed E-state index contributed by atoms with van der Waals surface area (Å²) in [6, 6.07) is 0.247. The lowest BCUT2D eigenvalue weighted by Crippen LogP contribution is -2.70. The summed E-state index contributed by atoms with van der Waals surface area (Å²) in [7, 11) is 0. The van der Waals surface area contributed by atoms with Gasteiger partial charge in [0.05, 0.1) is 12.1 Å². The molecule has 0 aromatic carbocycles. The first-order chi connectivity index (χ1) is 8.23. The first kappa shape index (κ1) is 12.6. The molecule has 3 N–H and O–H groups in total. The number of nitrogens with two attached hydrogens (primary N) is 1. The van der Waals surface area contributed by atoms with Crippen molar-refractivity contribution in [2.24, 2.45) is 10.7 Å². The van der Waals surface area contributed by atoms with Gasteiger partial charge in [0.1, 0.15) is 5.60 Å². The number of rotatable bonds is 4. The van der Waals surface area contributed by atoms with Gasteiger partial charge < -0.3 is 20.5 Å². The number of nitrogens with one attached hydrogen (secondary N) is 1. The van der Waals surface area contributed by atoms with Crippen LogP contribution in [0.4, 0.5) is 0 Å². The molecule has 1 aliphatic carbocycles. The molecule has 1 saturated heterocycles. The van der Waals surface area contributed by atoms with Crippen LogP contribution < -0.4 is 11.1 Å². The van der Waals surface area contributed by atoms with Gasteiger partial charge in [-0.2, -0.15) is 0 Å². The van der Waals surface area contributed by atoms with Gasteiger partial charge in [0.15, 0.2) is 5.96 Å². The molecular formula is C12H23N3O2. The Morgan fingerprint density at radius 2 is 2.41 bits per heavy atom. The van der Waals surface area contributed by atoms with E-state index >= 15 is 0 Å². The predicted octanol–water partition coefficient (Wildman–Crippen LogP) is 0.637. The minimum Gasteiger partial charge on any atom is -0.375 e. The third-order valence-corrected chi connectivity index (χ3v) is 3.69. The maximum atomic E-state index is 5.94. The van der Waals surface area contributed by atoms with Crippen molar-refractivity contribution in [1.29, 1.82) is 0 Å². The van der Waals surface area contributed by atoms with Crippen LogP contribution in [0, 0.1) is 0 Å². The second kappa shape index (κ2) is 5.23. The van der Waals surface area contributed by atoms with Gasteiger partial charge in [-0.25, -0.2) is 0 Å². The lowest BCUT2D eigenvalue weighted by Gasteiger charge is -2.52. The lowest BCUT2D eigenvalue weighted by molar-refractivity contribution is -0.194. The van der Waals surface area contributed by atoms with Gasteiger partial charge in [0.25, 0.3) is 0 Å². The van der Waals surface area contributed by atoms with Crippen molar-refractivity contribution in [2.75, 3.05) is 19.8 Å². The van der Waals surface area contributed by atoms with Gasteiger partial charge >= 0.3 is 0 Å². The minimum absolute atomic E-state index is 0.163. The van der Waals surface area contributed by atoms with Gasteiger partial charge in [-0.3, -0.25) is 4.99 Å². The zero-order valence-corrected chi connectivity index (χ0v) is 10.7. The van der Waals surface area contributed by atoms with E-state index < -0.39 is 0 Å². The summed E-state index contributed by atoms with van der Waals surface area (Å²) in [5.74, 6) is 0.516. The predicted molar refractivity (Wildman–Crippen MR) is 67.0 cm³/mol. The quantitative estimate of drug-likeness (QED) is 0.560. The maximum absolute atomic E-state index is 5.94. The van der Waals surface area contributed by atoms with Crippen molar-refractivity contribution in [1.82, 2.24) is 5.32 Å². The molecule has 98 valence electrons. The fourth-order valence-electron chi connectivity index (χ4n) is 2.87. The number of hydrogen-bond donors (Lipinski definition) is 2. The number of aliphatic imine (C=N–C) groups is 1. The summed E-state index contributed by atoms with van der Waals surface area (Å²) in [6.07, 6.45) is 3.32. The summed E-state index contributed by atoms with van der Waals surface area (Å²) >= 11 is 0. The molecule has 1 saturated carbocycles. The molecular weight excluding hydrogens is 218 g/mol. The summed E-state index contributed by atoms with van der Waals surface area (Å²) in [6.45, 7) is 6.26. The Morgan fingerprint density at radius 1 is 1.59 bits per heavy atom. The molecule has 3 unspecified atom stereocenters. The highest BCUT2D eigenvalue weighted by Crippen LogP contribution is 2.45. The van der Waals surface area contributed by atoms with Crippen molar-refractivity contribution in [2.45, 2.75) is 50.9 Å². The Hall–Kier alpha value is -0.810. The fraction of sp³-hybridized carbons (Fsp3) is 0.917. The molecule has 2 rings (SSSR count). The Balaban J connectivity index is 1.98. The number of guanidine groups is 1. The van der Waals surface area contributed by atoms with Crippen LogP contribution in [0.1, 0.15) is 33.1 Å². The summed E-state index contributed by atoms with van der Waals surface area (Å²) in [5, 5.41) is 3.26. The van der Waals surface area contributed by atoms with E-state index in [1.165, 1.54) is 0 Å². The molecule has 0 aromatic heterocycles. The van der Waals surface area contributed by atoms with Crippen LogP contribution >= 0.6 is 0 Å². The van der Waals surface area contributed by atoms with E-state index in [4.69, 9.17) is 15.2 Å². The van der Waals surface area contributed by atoms with E-state index in [9.17, 15) is 0 Å². The Kier molecular flexibility index (Phi) is 3.89. The van der Waals surface area contributed by atoms with E-state index in [0.717, 1.165) is 32.5 Å². The van der Waals surface area contributed by atoms with Crippen LogP contribution in [-0.4, -0.2) is 43.5 Å². The molecule has 0 bridgehead atoms. The van der Waals surface area contributed by atoms with E-state index in [2.05, 4.69) is 10.3 Å². The van der Waals surface area contributed by atoms with E-state index in [-0.39, 0.29) is 17.7 Å². The average Bonchev–Trinajstić information content (AvgIpc) is 2.80. The van der Waals surface area contributed by atoms with E-state index in [1.54, 1.807) is 0 Å². The van der Waals surface area contributed by atoms with Crippen molar-refractivity contribution in [3.8, 4) is 0 Å². The standard InChI is InChI=1S/C12H23N3O2/c1-3-14-11(13)15-9-8-10(16-4-2)12(9)6-5-7-17-12/h9-10H,3-8H2,1-2H3,(H3,13,14,15). The van der Waals surface area contributed by atoms with Crippen LogP contribution in [0.5, 0.6) is 0 Å². The average molecular weight is 241 g/mol. The molecule has 1 spiro atoms. The fourth-order valence-corrected chi connectivity index (χ4v) is 2.87. The van der Waals surface area contributed by atoms with E-state index in [1.807, 2.05) is 13.8 Å². The number of nitrogens with zero attached hydrogens (tertiary/aromatic N) is 1. The molecule has 17 heavy (non-hydrogen) atoms. The van der Waals surface area contributed by atoms with Crippen LogP contribution in [0.15, 0.2) is 4.99 Å². The molecule has 1 aliphatic heterocycles. The Labute approximate surface area is 103 Å². The highest BCUT2D eigenvalue weighted by molar-refractivity contribution is 5.78. The van der Waals surface area contributed by atoms with Gasteiger partial charge in [-0.15, -0.1) is 0 Å². The molecule has 0 amide bonds. The van der Waals surface area contributed by atoms with Crippen LogP contribution in [0.2, 0.25) is 0 Å². The van der Waals surface area contributed by atoms with E-state index in [0.29, 0.717) is 12.5 Å². The summed E-state index contributed by atoms with van der Waals surface area (Å²) < 4.78 is 11.7. The van der Waals surface area contributed by atoms with Gasteiger partial charge in [0, 0.05) is 19.8 Å². The lowest BCUT2D eigenvalue weighted by atomic mass is 9.70. The third-order valence-electron chi connectivity index (χ3n) is 3.69. The molecule has 2 fully saturated rings. The SMILES string of the molecule is CCN=C(N)NC1CC(OCC)C12CCCO2. The largest absolute Gasteiger partial charge is 0.375 e. The van der Waals surface area contributed by atoms with Crippen molar-refractivity contribution < 1.29 is 9.47 Å². The first-order valence-electron chi connectivity index (χ1n) is 6.55. The van der Waals surface area contributed by atoms with Crippen LogP contribution in [-0.2, 0) is 9.47 Å².